The molecule has 0 spiro atoms. The Morgan fingerprint density at radius 2 is 2.20 bits per heavy atom. The number of aryl methyl sites for hydroxylation is 1. The largest absolute Gasteiger partial charge is 0.494 e. The molecule has 0 aliphatic carbocycles. The lowest BCUT2D eigenvalue weighted by Crippen LogP contribution is -1.93. The average molecular weight is 291 g/mol. The van der Waals surface area contributed by atoms with Crippen LogP contribution in [0.15, 0.2) is 21.5 Å². The minimum atomic E-state index is 0.234. The second-order valence-electron chi connectivity index (χ2n) is 3.14. The van der Waals surface area contributed by atoms with Gasteiger partial charge in [-0.1, -0.05) is 0 Å². The summed E-state index contributed by atoms with van der Waals surface area (Å²) in [4.78, 5) is 1.12. The standard InChI is InChI=1S/C11H15BrO2S/c1-14-11-9(12)6-8(4-3-5-13)7-10(11)15-2/h6-7,13H,3-5H2,1-2H3. The number of thioether (sulfide) groups is 1. The third kappa shape index (κ3) is 3.40. The van der Waals surface area contributed by atoms with E-state index in [0.29, 0.717) is 0 Å². The SMILES string of the molecule is COc1c(Br)cc(CCCO)cc1SC. The van der Waals surface area contributed by atoms with Crippen molar-refractivity contribution in [2.45, 2.75) is 17.7 Å². The van der Waals surface area contributed by atoms with Crippen molar-refractivity contribution in [3.63, 3.8) is 0 Å². The molecule has 1 aromatic rings. The fraction of sp³-hybridized carbons (Fsp3) is 0.455. The molecule has 0 aliphatic heterocycles. The van der Waals surface area contributed by atoms with Crippen molar-refractivity contribution in [1.29, 1.82) is 0 Å². The number of aliphatic hydroxyl groups excluding tert-OH is 1. The van der Waals surface area contributed by atoms with Crippen LogP contribution >= 0.6 is 27.7 Å². The second kappa shape index (κ2) is 6.40. The lowest BCUT2D eigenvalue weighted by Gasteiger charge is -2.11. The van der Waals surface area contributed by atoms with Gasteiger partial charge in [0.15, 0.2) is 0 Å². The predicted molar refractivity (Wildman–Crippen MR) is 67.9 cm³/mol. The van der Waals surface area contributed by atoms with E-state index in [-0.39, 0.29) is 6.61 Å². The zero-order chi connectivity index (χ0) is 11.3. The third-order valence-corrected chi connectivity index (χ3v) is 3.45. The molecular formula is C11H15BrO2S. The van der Waals surface area contributed by atoms with Crippen molar-refractivity contribution in [1.82, 2.24) is 0 Å². The molecule has 1 rings (SSSR count). The van der Waals surface area contributed by atoms with Gasteiger partial charge in [-0.2, -0.15) is 0 Å². The van der Waals surface area contributed by atoms with E-state index < -0.39 is 0 Å². The van der Waals surface area contributed by atoms with E-state index in [0.717, 1.165) is 28.0 Å². The van der Waals surface area contributed by atoms with Crippen LogP contribution in [0.1, 0.15) is 12.0 Å². The summed E-state index contributed by atoms with van der Waals surface area (Å²) in [6.07, 6.45) is 3.72. The van der Waals surface area contributed by atoms with Crippen molar-refractivity contribution in [2.24, 2.45) is 0 Å². The highest BCUT2D eigenvalue weighted by molar-refractivity contribution is 9.10. The van der Waals surface area contributed by atoms with Gasteiger partial charge in [-0.3, -0.25) is 0 Å². The van der Waals surface area contributed by atoms with E-state index in [1.165, 1.54) is 5.56 Å². The number of hydrogen-bond donors (Lipinski definition) is 1. The number of rotatable bonds is 5. The number of benzene rings is 1. The molecule has 1 aromatic carbocycles. The number of methoxy groups -OCH3 is 1. The van der Waals surface area contributed by atoms with Crippen LogP contribution in [0, 0.1) is 0 Å². The molecule has 0 saturated carbocycles. The Balaban J connectivity index is 2.97. The molecule has 0 atom stereocenters. The minimum Gasteiger partial charge on any atom is -0.494 e. The Hall–Kier alpha value is -0.190. The molecule has 0 aromatic heterocycles. The van der Waals surface area contributed by atoms with Crippen molar-refractivity contribution in [2.75, 3.05) is 20.0 Å². The molecule has 4 heteroatoms. The molecule has 0 heterocycles. The molecule has 2 nitrogen and oxygen atoms in total. The van der Waals surface area contributed by atoms with E-state index in [9.17, 15) is 0 Å². The molecule has 0 bridgehead atoms. The van der Waals surface area contributed by atoms with Crippen LogP contribution in [-0.2, 0) is 6.42 Å². The first-order chi connectivity index (χ1) is 7.22. The van der Waals surface area contributed by atoms with Gasteiger partial charge in [-0.15, -0.1) is 11.8 Å². The first-order valence-electron chi connectivity index (χ1n) is 4.74. The maximum atomic E-state index is 8.78. The molecule has 0 radical (unpaired) electrons. The molecular weight excluding hydrogens is 276 g/mol. The van der Waals surface area contributed by atoms with Crippen LogP contribution in [0.3, 0.4) is 0 Å². The molecule has 1 N–H and O–H groups in total. The highest BCUT2D eigenvalue weighted by atomic mass is 79.9. The minimum absolute atomic E-state index is 0.234. The zero-order valence-electron chi connectivity index (χ0n) is 8.92. The van der Waals surface area contributed by atoms with Gasteiger partial charge in [-0.05, 0) is 52.7 Å². The lowest BCUT2D eigenvalue weighted by atomic mass is 10.1. The Labute approximate surface area is 103 Å². The van der Waals surface area contributed by atoms with E-state index in [2.05, 4.69) is 22.0 Å². The van der Waals surface area contributed by atoms with Crippen LogP contribution in [0.5, 0.6) is 5.75 Å². The highest BCUT2D eigenvalue weighted by Gasteiger charge is 2.08. The van der Waals surface area contributed by atoms with Gasteiger partial charge in [0.1, 0.15) is 5.75 Å². The predicted octanol–water partition coefficient (Wildman–Crippen LogP) is 3.10. The summed E-state index contributed by atoms with van der Waals surface area (Å²) in [5.41, 5.74) is 1.22. The number of ether oxygens (including phenoxy) is 1. The molecule has 84 valence electrons. The normalized spacial score (nSPS) is 10.4. The molecule has 15 heavy (non-hydrogen) atoms. The first-order valence-corrected chi connectivity index (χ1v) is 6.76. The number of halogens is 1. The third-order valence-electron chi connectivity index (χ3n) is 2.12. The fourth-order valence-corrected chi connectivity index (χ4v) is 2.85. The average Bonchev–Trinajstić information content (AvgIpc) is 2.25. The van der Waals surface area contributed by atoms with Crippen molar-refractivity contribution < 1.29 is 9.84 Å². The van der Waals surface area contributed by atoms with Crippen molar-refractivity contribution >= 4 is 27.7 Å². The molecule has 0 fully saturated rings. The van der Waals surface area contributed by atoms with Gasteiger partial charge >= 0.3 is 0 Å². The maximum Gasteiger partial charge on any atom is 0.146 e. The Morgan fingerprint density at radius 3 is 2.73 bits per heavy atom. The fourth-order valence-electron chi connectivity index (χ4n) is 1.40. The van der Waals surface area contributed by atoms with Crippen LogP contribution in [0.4, 0.5) is 0 Å². The van der Waals surface area contributed by atoms with Gasteiger partial charge in [0.05, 0.1) is 16.5 Å². The van der Waals surface area contributed by atoms with Crippen LogP contribution in [0.2, 0.25) is 0 Å². The smallest absolute Gasteiger partial charge is 0.146 e. The Kier molecular flexibility index (Phi) is 5.50. The number of hydrogen-bond acceptors (Lipinski definition) is 3. The van der Waals surface area contributed by atoms with E-state index in [1.807, 2.05) is 12.3 Å². The summed E-state index contributed by atoms with van der Waals surface area (Å²) in [5, 5.41) is 8.78. The summed E-state index contributed by atoms with van der Waals surface area (Å²) >= 11 is 5.15. The van der Waals surface area contributed by atoms with Crippen LogP contribution in [-0.4, -0.2) is 25.1 Å². The second-order valence-corrected chi connectivity index (χ2v) is 4.84. The monoisotopic (exact) mass is 290 g/mol. The maximum absolute atomic E-state index is 8.78. The first kappa shape index (κ1) is 12.9. The van der Waals surface area contributed by atoms with Crippen LogP contribution < -0.4 is 4.74 Å². The highest BCUT2D eigenvalue weighted by Crippen LogP contribution is 2.36. The van der Waals surface area contributed by atoms with Gasteiger partial charge < -0.3 is 9.84 Å². The van der Waals surface area contributed by atoms with Gasteiger partial charge in [0, 0.05) is 6.61 Å². The Morgan fingerprint density at radius 1 is 1.47 bits per heavy atom. The summed E-state index contributed by atoms with van der Waals surface area (Å²) in [6, 6.07) is 4.16. The van der Waals surface area contributed by atoms with E-state index >= 15 is 0 Å². The lowest BCUT2D eigenvalue weighted by molar-refractivity contribution is 0.288. The van der Waals surface area contributed by atoms with Crippen molar-refractivity contribution in [3.8, 4) is 5.75 Å². The summed E-state index contributed by atoms with van der Waals surface area (Å²) in [7, 11) is 1.67. The van der Waals surface area contributed by atoms with E-state index in [4.69, 9.17) is 9.84 Å². The zero-order valence-corrected chi connectivity index (χ0v) is 11.3. The molecule has 0 saturated heterocycles. The molecule has 0 unspecified atom stereocenters. The van der Waals surface area contributed by atoms with Gasteiger partial charge in [0.2, 0.25) is 0 Å². The van der Waals surface area contributed by atoms with Gasteiger partial charge in [0.25, 0.3) is 0 Å². The summed E-state index contributed by atoms with van der Waals surface area (Å²) in [5.74, 6) is 0.884. The summed E-state index contributed by atoms with van der Waals surface area (Å²) < 4.78 is 6.29. The van der Waals surface area contributed by atoms with E-state index in [1.54, 1.807) is 18.9 Å². The van der Waals surface area contributed by atoms with Crippen molar-refractivity contribution in [3.05, 3.63) is 22.2 Å². The molecule has 0 aliphatic rings. The number of aliphatic hydroxyl groups is 1. The Bertz CT molecular complexity index is 329. The quantitative estimate of drug-likeness (QED) is 0.845. The molecule has 0 amide bonds. The topological polar surface area (TPSA) is 29.5 Å². The van der Waals surface area contributed by atoms with Crippen LogP contribution in [0.25, 0.3) is 0 Å². The summed E-state index contributed by atoms with van der Waals surface area (Å²) in [6.45, 7) is 0.234. The van der Waals surface area contributed by atoms with Gasteiger partial charge in [-0.25, -0.2) is 0 Å².